The largest absolute Gasteiger partial charge is 0.455 e. The molecule has 0 saturated carbocycles. The van der Waals surface area contributed by atoms with Crippen molar-refractivity contribution >= 4 is 204 Å². The molecule has 1 aliphatic rings. The van der Waals surface area contributed by atoms with Crippen LogP contribution in [-0.4, -0.2) is 48.2 Å². The highest BCUT2D eigenvalue weighted by atomic mass is 16.3. The van der Waals surface area contributed by atoms with E-state index in [2.05, 4.69) is 378 Å². The average Bonchev–Trinajstić information content (AvgIpc) is 1.48. The lowest BCUT2D eigenvalue weighted by Crippen LogP contribution is -2.19. The van der Waals surface area contributed by atoms with E-state index < -0.39 is 0 Å². The van der Waals surface area contributed by atoms with Crippen molar-refractivity contribution in [2.45, 2.75) is 6.42 Å². The molecule has 0 saturated heterocycles. The standard InChI is InChI=1S/C113H65N11O2/c114-65-87-107(122-92-42-14-5-31-80(92)105-100(122)46-23-59-116-105)109(120-95-54-50-66(70-34-21-36-78-76-29-8-17-48-102(76)125-112(70)78)61-83(95)85-63-68(52-56-97(85)120)118-88-38-10-1-25-72(88)73-26-2-11-39-89(73)118)111(124-94-44-16-7-33-82(94)104-99(124)45-19-20-58-115-104)110(108(87)123-93-43-15-6-32-81(93)106-101(123)47-24-60-117-106)121-96-55-51-67(71-35-22-37-79-77-30-9-18-49-103(77)126-113(71)79)62-84(96)86-64-69(53-57-98(86)121)119-90-40-12-3-27-74(90)75-28-4-13-41-91(75)119/h1-19,21-64H,20H2. The Kier molecular flexibility index (Phi) is 14.0. The number of aromatic nitrogens is 9. The lowest BCUT2D eigenvalue weighted by atomic mass is 9.99. The Morgan fingerprint density at radius 1 is 0.270 bits per heavy atom. The molecule has 27 aromatic rings. The molecule has 11 aromatic heterocycles. The first-order valence-electron chi connectivity index (χ1n) is 42.7. The number of para-hydroxylation sites is 11. The van der Waals surface area contributed by atoms with Crippen molar-refractivity contribution in [2.24, 2.45) is 4.99 Å². The second-order valence-electron chi connectivity index (χ2n) is 33.1. The Morgan fingerprint density at radius 3 is 1.06 bits per heavy atom. The maximum Gasteiger partial charge on any atom is 0.143 e. The van der Waals surface area contributed by atoms with E-state index in [0.717, 1.165) is 237 Å². The lowest BCUT2D eigenvalue weighted by Gasteiger charge is -2.30. The van der Waals surface area contributed by atoms with Gasteiger partial charge in [-0.15, -0.1) is 0 Å². The molecule has 13 nitrogen and oxygen atoms in total. The van der Waals surface area contributed by atoms with Crippen molar-refractivity contribution in [1.82, 2.24) is 41.9 Å². The molecule has 0 atom stereocenters. The minimum Gasteiger partial charge on any atom is -0.455 e. The minimum absolute atomic E-state index is 0.382. The van der Waals surface area contributed by atoms with Gasteiger partial charge in [-0.3, -0.25) is 15.0 Å². The van der Waals surface area contributed by atoms with Crippen LogP contribution in [0.25, 0.3) is 254 Å². The number of aliphatic imine (C=N–C) groups is 1. The molecule has 28 rings (SSSR count). The summed E-state index contributed by atoms with van der Waals surface area (Å²) in [6.07, 6.45) is 10.9. The highest BCUT2D eigenvalue weighted by molar-refractivity contribution is 6.21. The number of furan rings is 2. The zero-order valence-electron chi connectivity index (χ0n) is 67.3. The molecular formula is C113H65N11O2. The molecule has 0 fully saturated rings. The topological polar surface area (TPSA) is 123 Å². The summed E-state index contributed by atoms with van der Waals surface area (Å²) in [6.45, 7) is 0. The summed E-state index contributed by atoms with van der Waals surface area (Å²) in [5.74, 6) is 0. The first-order valence-corrected chi connectivity index (χ1v) is 42.7. The quantitative estimate of drug-likeness (QED) is 0.142. The molecule has 13 heteroatoms. The van der Waals surface area contributed by atoms with E-state index in [1.165, 1.54) is 0 Å². The van der Waals surface area contributed by atoms with Crippen LogP contribution in [0.5, 0.6) is 0 Å². The fraction of sp³-hybridized carbons (Fsp3) is 0.00885. The van der Waals surface area contributed by atoms with E-state index >= 15 is 0 Å². The maximum absolute atomic E-state index is 14.1. The molecule has 126 heavy (non-hydrogen) atoms. The molecule has 0 N–H and O–H groups in total. The van der Waals surface area contributed by atoms with Gasteiger partial charge >= 0.3 is 0 Å². The molecule has 12 heterocycles. The van der Waals surface area contributed by atoms with Crippen molar-refractivity contribution in [2.75, 3.05) is 0 Å². The molecule has 1 aliphatic heterocycles. The first kappa shape index (κ1) is 68.4. The number of allylic oxidation sites excluding steroid dienone is 1. The van der Waals surface area contributed by atoms with E-state index in [4.69, 9.17) is 23.8 Å². The number of fused-ring (bicyclic) bond motifs is 27. The number of hydrogen-bond donors (Lipinski definition) is 0. The number of nitrogens with zero attached hydrogens (tertiary/aromatic N) is 11. The molecule has 0 bridgehead atoms. The van der Waals surface area contributed by atoms with Gasteiger partial charge in [0.2, 0.25) is 0 Å². The smallest absolute Gasteiger partial charge is 0.143 e. The van der Waals surface area contributed by atoms with Gasteiger partial charge in [-0.1, -0.05) is 218 Å². The second kappa shape index (κ2) is 25.9. The summed E-state index contributed by atoms with van der Waals surface area (Å²) in [7, 11) is 0. The van der Waals surface area contributed by atoms with Crippen LogP contribution < -0.4 is 0 Å². The summed E-state index contributed by atoms with van der Waals surface area (Å²) < 4.78 is 31.0. The summed E-state index contributed by atoms with van der Waals surface area (Å²) >= 11 is 0. The van der Waals surface area contributed by atoms with Crippen LogP contribution in [0.4, 0.5) is 5.69 Å². The third-order valence-electron chi connectivity index (χ3n) is 26.7. The monoisotopic (exact) mass is 1610 g/mol. The number of benzene rings is 16. The summed E-state index contributed by atoms with van der Waals surface area (Å²) in [6, 6.07) is 130. The number of rotatable bonds is 9. The second-order valence-corrected chi connectivity index (χ2v) is 33.1. The maximum atomic E-state index is 14.1. The average molecular weight is 1610 g/mol. The molecule has 0 unspecified atom stereocenters. The van der Waals surface area contributed by atoms with Crippen LogP contribution in [0, 0.1) is 11.3 Å². The van der Waals surface area contributed by atoms with Gasteiger partial charge in [-0.2, -0.15) is 5.26 Å². The predicted molar refractivity (Wildman–Crippen MR) is 517 cm³/mol. The van der Waals surface area contributed by atoms with Crippen LogP contribution in [0.15, 0.2) is 384 Å². The Bertz CT molecular complexity index is 8940. The summed E-state index contributed by atoms with van der Waals surface area (Å²) in [5.41, 5.74) is 28.2. The van der Waals surface area contributed by atoms with Gasteiger partial charge < -0.3 is 40.8 Å². The van der Waals surface area contributed by atoms with Gasteiger partial charge in [0.15, 0.2) is 0 Å². The molecule has 584 valence electrons. The zero-order valence-corrected chi connectivity index (χ0v) is 67.3. The Morgan fingerprint density at radius 2 is 0.611 bits per heavy atom. The highest BCUT2D eigenvalue weighted by Gasteiger charge is 2.38. The van der Waals surface area contributed by atoms with E-state index in [-0.39, 0.29) is 0 Å². The fourth-order valence-corrected chi connectivity index (χ4v) is 21.5. The van der Waals surface area contributed by atoms with Crippen LogP contribution in [0.3, 0.4) is 0 Å². The van der Waals surface area contributed by atoms with Crippen LogP contribution in [0.1, 0.15) is 17.7 Å². The fourth-order valence-electron chi connectivity index (χ4n) is 21.5. The third kappa shape index (κ3) is 9.31. The molecule has 0 aliphatic carbocycles. The molecule has 16 aromatic carbocycles. The summed E-state index contributed by atoms with van der Waals surface area (Å²) in [4.78, 5) is 16.3. The first-order chi connectivity index (χ1) is 62.5. The van der Waals surface area contributed by atoms with Crippen molar-refractivity contribution in [3.63, 3.8) is 0 Å². The zero-order chi connectivity index (χ0) is 82.3. The van der Waals surface area contributed by atoms with E-state index in [0.29, 0.717) is 34.7 Å². The Labute approximate surface area is 716 Å². The lowest BCUT2D eigenvalue weighted by molar-refractivity contribution is 0.669. The predicted octanol–water partition coefficient (Wildman–Crippen LogP) is 29.1. The van der Waals surface area contributed by atoms with Gasteiger partial charge in [0, 0.05) is 128 Å². The Balaban J connectivity index is 0.883. The van der Waals surface area contributed by atoms with Crippen LogP contribution in [-0.2, 0) is 0 Å². The van der Waals surface area contributed by atoms with E-state index in [9.17, 15) is 5.26 Å². The van der Waals surface area contributed by atoms with Crippen molar-refractivity contribution < 1.29 is 8.83 Å². The van der Waals surface area contributed by atoms with E-state index in [1.807, 2.05) is 42.9 Å². The van der Waals surface area contributed by atoms with Crippen LogP contribution in [0.2, 0.25) is 0 Å². The van der Waals surface area contributed by atoms with Gasteiger partial charge in [-0.05, 0) is 157 Å². The van der Waals surface area contributed by atoms with E-state index in [1.54, 1.807) is 0 Å². The van der Waals surface area contributed by atoms with Crippen molar-refractivity contribution in [1.29, 1.82) is 5.26 Å². The summed E-state index contributed by atoms with van der Waals surface area (Å²) in [5, 5.41) is 29.6. The third-order valence-corrected chi connectivity index (χ3v) is 26.7. The molecule has 0 amide bonds. The van der Waals surface area contributed by atoms with Gasteiger partial charge in [0.05, 0.1) is 123 Å². The highest BCUT2D eigenvalue weighted by Crippen LogP contribution is 2.55. The number of hydrogen-bond acceptors (Lipinski definition) is 6. The van der Waals surface area contributed by atoms with Gasteiger partial charge in [0.1, 0.15) is 34.0 Å². The number of nitriles is 1. The molecule has 0 radical (unpaired) electrons. The Hall–Kier alpha value is -17.3. The van der Waals surface area contributed by atoms with Crippen LogP contribution >= 0.6 is 0 Å². The normalized spacial score (nSPS) is 12.7. The molecular weight excluding hydrogens is 1540 g/mol. The molecule has 0 spiro atoms. The van der Waals surface area contributed by atoms with Gasteiger partial charge in [-0.25, -0.2) is 0 Å². The van der Waals surface area contributed by atoms with Gasteiger partial charge in [0.25, 0.3) is 0 Å². The van der Waals surface area contributed by atoms with Crippen molar-refractivity contribution in [3.05, 3.63) is 382 Å². The minimum atomic E-state index is 0.382. The SMILES string of the molecule is N#Cc1c(-n2c3ccccc3c3ncccc32)c(-n2c3ccc(-c4cccc5c4oc4ccccc45)cc3c3cc(-n4c5ccccc5c5ccccc54)ccc32)c(-n2c3c(c4ccccc42)N=CCC=C3)c(-n2c3ccc(-c4cccc5c4oc4ccccc45)cc3c3cc(-n4c5ccccc5c5ccccc54)ccc32)c1-n1c2ccccc2c2ncccc21. The van der Waals surface area contributed by atoms with Crippen molar-refractivity contribution in [3.8, 4) is 68.1 Å². The number of pyridine rings is 2.